The zero-order valence-corrected chi connectivity index (χ0v) is 12.8. The minimum absolute atomic E-state index is 0.177. The molecule has 0 spiro atoms. The fourth-order valence-electron chi connectivity index (χ4n) is 2.79. The molecular weight excluding hydrogens is 268 g/mol. The van der Waals surface area contributed by atoms with Gasteiger partial charge >= 0.3 is 5.88 Å². The molecule has 0 aliphatic heterocycles. The number of benzene rings is 1. The van der Waals surface area contributed by atoms with Crippen molar-refractivity contribution in [2.45, 2.75) is 33.7 Å². The van der Waals surface area contributed by atoms with Crippen molar-refractivity contribution in [2.75, 3.05) is 6.54 Å². The van der Waals surface area contributed by atoms with Gasteiger partial charge in [0.2, 0.25) is 0 Å². The maximum atomic E-state index is 10.8. The van der Waals surface area contributed by atoms with Crippen molar-refractivity contribution in [2.24, 2.45) is 0 Å². The molecule has 0 bridgehead atoms. The van der Waals surface area contributed by atoms with Gasteiger partial charge in [-0.2, -0.15) is 0 Å². The molecule has 2 aromatic rings. The molecule has 0 saturated carbocycles. The molecule has 0 aliphatic carbocycles. The highest BCUT2D eigenvalue weighted by Gasteiger charge is 2.23. The first kappa shape index (κ1) is 15.3. The van der Waals surface area contributed by atoms with Gasteiger partial charge in [-0.3, -0.25) is 10.1 Å². The molecular formula is C16H20N2O3. The van der Waals surface area contributed by atoms with Crippen molar-refractivity contribution >= 4 is 5.88 Å². The molecule has 0 fully saturated rings. The third-order valence-electron chi connectivity index (χ3n) is 3.51. The van der Waals surface area contributed by atoms with E-state index in [9.17, 15) is 10.1 Å². The van der Waals surface area contributed by atoms with E-state index < -0.39 is 4.92 Å². The van der Waals surface area contributed by atoms with E-state index in [1.165, 1.54) is 11.6 Å². The van der Waals surface area contributed by atoms with Gasteiger partial charge in [0, 0.05) is 0 Å². The van der Waals surface area contributed by atoms with Crippen LogP contribution >= 0.6 is 0 Å². The lowest BCUT2D eigenvalue weighted by Crippen LogP contribution is -2.23. The molecule has 1 atom stereocenters. The summed E-state index contributed by atoms with van der Waals surface area (Å²) >= 11 is 0. The second-order valence-corrected chi connectivity index (χ2v) is 5.24. The van der Waals surface area contributed by atoms with Crippen molar-refractivity contribution < 1.29 is 9.34 Å². The first-order valence-corrected chi connectivity index (χ1v) is 6.99. The van der Waals surface area contributed by atoms with Gasteiger partial charge in [-0.05, 0) is 50.1 Å². The minimum Gasteiger partial charge on any atom is -0.404 e. The van der Waals surface area contributed by atoms with E-state index in [4.69, 9.17) is 4.42 Å². The Labute approximate surface area is 124 Å². The van der Waals surface area contributed by atoms with Gasteiger partial charge in [0.1, 0.15) is 10.7 Å². The SMILES string of the molecule is CCNC(c1ccc([N+](=O)[O-])o1)c1c(C)cc(C)cc1C. The Balaban J connectivity index is 2.50. The summed E-state index contributed by atoms with van der Waals surface area (Å²) in [6.45, 7) is 8.91. The van der Waals surface area contributed by atoms with E-state index in [1.807, 2.05) is 6.92 Å². The lowest BCUT2D eigenvalue weighted by Gasteiger charge is -2.21. The number of nitrogens with zero attached hydrogens (tertiary/aromatic N) is 1. The van der Waals surface area contributed by atoms with Crippen LogP contribution in [0.2, 0.25) is 0 Å². The summed E-state index contributed by atoms with van der Waals surface area (Å²) in [6, 6.07) is 7.13. The van der Waals surface area contributed by atoms with Crippen LogP contribution in [0.25, 0.3) is 0 Å². The Kier molecular flexibility index (Phi) is 4.43. The van der Waals surface area contributed by atoms with E-state index in [-0.39, 0.29) is 11.9 Å². The van der Waals surface area contributed by atoms with Gasteiger partial charge in [-0.25, -0.2) is 0 Å². The molecule has 5 nitrogen and oxygen atoms in total. The summed E-state index contributed by atoms with van der Waals surface area (Å²) in [5.41, 5.74) is 4.62. The minimum atomic E-state index is -0.513. The number of rotatable bonds is 5. The van der Waals surface area contributed by atoms with E-state index in [2.05, 4.69) is 38.2 Å². The highest BCUT2D eigenvalue weighted by molar-refractivity contribution is 5.43. The fourth-order valence-corrected chi connectivity index (χ4v) is 2.79. The van der Waals surface area contributed by atoms with Gasteiger partial charge in [-0.1, -0.05) is 24.6 Å². The Morgan fingerprint density at radius 1 is 1.24 bits per heavy atom. The first-order valence-electron chi connectivity index (χ1n) is 6.99. The second-order valence-electron chi connectivity index (χ2n) is 5.24. The molecule has 0 aliphatic rings. The average Bonchev–Trinajstić information content (AvgIpc) is 2.86. The van der Waals surface area contributed by atoms with Crippen LogP contribution in [0.3, 0.4) is 0 Å². The summed E-state index contributed by atoms with van der Waals surface area (Å²) in [7, 11) is 0. The standard InChI is InChI=1S/C16H20N2O3/c1-5-17-16(13-6-7-14(21-13)18(19)20)15-11(3)8-10(2)9-12(15)4/h6-9,16-17H,5H2,1-4H3. The Bertz CT molecular complexity index is 638. The van der Waals surface area contributed by atoms with Crippen LogP contribution in [0.4, 0.5) is 5.88 Å². The normalized spacial score (nSPS) is 12.4. The van der Waals surface area contributed by atoms with Crippen LogP contribution in [0.1, 0.15) is 41.0 Å². The highest BCUT2D eigenvalue weighted by Crippen LogP contribution is 2.31. The zero-order chi connectivity index (χ0) is 15.6. The van der Waals surface area contributed by atoms with Crippen LogP contribution in [0.15, 0.2) is 28.7 Å². The molecule has 2 rings (SSSR count). The molecule has 21 heavy (non-hydrogen) atoms. The maximum Gasteiger partial charge on any atom is 0.433 e. The van der Waals surface area contributed by atoms with E-state index in [0.717, 1.165) is 23.2 Å². The molecule has 5 heteroatoms. The lowest BCUT2D eigenvalue weighted by atomic mass is 9.92. The van der Waals surface area contributed by atoms with Crippen molar-refractivity contribution in [3.8, 4) is 0 Å². The molecule has 0 amide bonds. The Hall–Kier alpha value is -2.14. The fraction of sp³-hybridized carbons (Fsp3) is 0.375. The van der Waals surface area contributed by atoms with Crippen LogP contribution in [0, 0.1) is 30.9 Å². The lowest BCUT2D eigenvalue weighted by molar-refractivity contribution is -0.402. The molecule has 1 aromatic carbocycles. The quantitative estimate of drug-likeness (QED) is 0.671. The van der Waals surface area contributed by atoms with Gasteiger partial charge in [0.25, 0.3) is 0 Å². The Morgan fingerprint density at radius 3 is 2.33 bits per heavy atom. The molecule has 0 saturated heterocycles. The third-order valence-corrected chi connectivity index (χ3v) is 3.51. The van der Waals surface area contributed by atoms with Crippen molar-refractivity contribution in [3.63, 3.8) is 0 Å². The predicted octanol–water partition coefficient (Wildman–Crippen LogP) is 3.81. The summed E-state index contributed by atoms with van der Waals surface area (Å²) < 4.78 is 5.39. The van der Waals surface area contributed by atoms with E-state index >= 15 is 0 Å². The maximum absolute atomic E-state index is 10.8. The van der Waals surface area contributed by atoms with Crippen molar-refractivity contribution in [1.82, 2.24) is 5.32 Å². The van der Waals surface area contributed by atoms with Crippen molar-refractivity contribution in [3.05, 3.63) is 62.4 Å². The summed E-state index contributed by atoms with van der Waals surface area (Å²) in [4.78, 5) is 10.3. The molecule has 1 aromatic heterocycles. The largest absolute Gasteiger partial charge is 0.433 e. The van der Waals surface area contributed by atoms with Crippen LogP contribution in [-0.2, 0) is 0 Å². The van der Waals surface area contributed by atoms with Gasteiger partial charge in [0.15, 0.2) is 0 Å². The van der Waals surface area contributed by atoms with Crippen LogP contribution in [0.5, 0.6) is 0 Å². The number of hydrogen-bond acceptors (Lipinski definition) is 4. The third kappa shape index (κ3) is 3.13. The second kappa shape index (κ2) is 6.10. The van der Waals surface area contributed by atoms with Gasteiger partial charge in [-0.15, -0.1) is 0 Å². The van der Waals surface area contributed by atoms with Gasteiger partial charge < -0.3 is 9.73 Å². The number of hydrogen-bond donors (Lipinski definition) is 1. The van der Waals surface area contributed by atoms with Crippen LogP contribution in [-0.4, -0.2) is 11.5 Å². The summed E-state index contributed by atoms with van der Waals surface area (Å²) in [6.07, 6.45) is 0. The monoisotopic (exact) mass is 288 g/mol. The van der Waals surface area contributed by atoms with Crippen LogP contribution < -0.4 is 5.32 Å². The molecule has 1 heterocycles. The zero-order valence-electron chi connectivity index (χ0n) is 12.8. The topological polar surface area (TPSA) is 68.3 Å². The highest BCUT2D eigenvalue weighted by atomic mass is 16.6. The number of furan rings is 1. The molecule has 1 N–H and O–H groups in total. The smallest absolute Gasteiger partial charge is 0.404 e. The van der Waals surface area contributed by atoms with Gasteiger partial charge in [0.05, 0.1) is 12.1 Å². The van der Waals surface area contributed by atoms with E-state index in [0.29, 0.717) is 5.76 Å². The predicted molar refractivity (Wildman–Crippen MR) is 81.5 cm³/mol. The number of aryl methyl sites for hydroxylation is 3. The number of nitro groups is 1. The Morgan fingerprint density at radius 2 is 1.86 bits per heavy atom. The molecule has 0 radical (unpaired) electrons. The molecule has 1 unspecified atom stereocenters. The van der Waals surface area contributed by atoms with Crippen molar-refractivity contribution in [1.29, 1.82) is 0 Å². The average molecular weight is 288 g/mol. The number of nitrogens with one attached hydrogen (secondary N) is 1. The summed E-state index contributed by atoms with van der Waals surface area (Å²) in [5, 5.41) is 14.2. The first-order chi connectivity index (χ1) is 9.93. The molecule has 112 valence electrons. The summed E-state index contributed by atoms with van der Waals surface area (Å²) in [5.74, 6) is 0.342. The van der Waals surface area contributed by atoms with E-state index in [1.54, 1.807) is 6.07 Å².